The molecule has 2 heterocycles. The number of carbonyl (C=O) groups is 5. The highest BCUT2D eigenvalue weighted by molar-refractivity contribution is 5.95. The number of nitrogens with zero attached hydrogens (tertiary/aromatic N) is 1. The molecule has 0 aliphatic carbocycles. The quantitative estimate of drug-likeness (QED) is 0.479. The second-order valence-electron chi connectivity index (χ2n) is 6.23. The second kappa shape index (κ2) is 8.59. The molecule has 0 aromatic carbocycles. The van der Waals surface area contributed by atoms with E-state index in [2.05, 4.69) is 16.0 Å². The molecule has 0 aromatic heterocycles. The maximum atomic E-state index is 12.8. The van der Waals surface area contributed by atoms with E-state index in [-0.39, 0.29) is 30.2 Å². The minimum absolute atomic E-state index is 0.0906. The Labute approximate surface area is 145 Å². The van der Waals surface area contributed by atoms with Crippen molar-refractivity contribution in [3.63, 3.8) is 0 Å². The van der Waals surface area contributed by atoms with Crippen LogP contribution in [0.25, 0.3) is 0 Å². The number of aldehydes is 1. The van der Waals surface area contributed by atoms with Crippen molar-refractivity contribution in [2.24, 2.45) is 0 Å². The van der Waals surface area contributed by atoms with Crippen molar-refractivity contribution in [2.45, 2.75) is 57.2 Å². The number of hydrogen-bond donors (Lipinski definition) is 3. The molecule has 3 atom stereocenters. The molecule has 0 aromatic rings. The molecular formula is C16H24N4O5. The number of nitrogens with one attached hydrogen (secondary N) is 3. The Morgan fingerprint density at radius 3 is 2.68 bits per heavy atom. The second-order valence-corrected chi connectivity index (χ2v) is 6.23. The third-order valence-electron chi connectivity index (χ3n) is 4.53. The summed E-state index contributed by atoms with van der Waals surface area (Å²) >= 11 is 0. The van der Waals surface area contributed by atoms with Crippen LogP contribution in [-0.4, -0.2) is 66.0 Å². The van der Waals surface area contributed by atoms with Gasteiger partial charge < -0.3 is 25.6 Å². The Hall–Kier alpha value is -2.45. The average Bonchev–Trinajstić information content (AvgIpc) is 3.25. The Bertz CT molecular complexity index is 565. The molecule has 2 rings (SSSR count). The van der Waals surface area contributed by atoms with Crippen LogP contribution in [-0.2, 0) is 24.0 Å². The molecule has 0 radical (unpaired) electrons. The number of likely N-dealkylation sites (tertiary alicyclic amines) is 1. The highest BCUT2D eigenvalue weighted by Gasteiger charge is 2.38. The standard InChI is InChI=1S/C16H24N4O5/c1-2-10(19-14(23)11-5-6-13(22)18-11)16(25)20-8-3-4-12(20)15(24)17-7-9-21/h9-12H,2-8H2,1H3,(H,17,24)(H,18,22)(H,19,23). The normalized spacial score (nSPS) is 23.7. The largest absolute Gasteiger partial charge is 0.348 e. The molecule has 2 aliphatic heterocycles. The van der Waals surface area contributed by atoms with Crippen molar-refractivity contribution in [3.8, 4) is 0 Å². The number of carbonyl (C=O) groups excluding carboxylic acids is 5. The van der Waals surface area contributed by atoms with E-state index in [0.29, 0.717) is 44.9 Å². The first-order chi connectivity index (χ1) is 12.0. The fourth-order valence-electron chi connectivity index (χ4n) is 3.18. The van der Waals surface area contributed by atoms with E-state index in [1.54, 1.807) is 6.92 Å². The number of rotatable bonds is 7. The van der Waals surface area contributed by atoms with E-state index in [4.69, 9.17) is 0 Å². The molecule has 0 spiro atoms. The lowest BCUT2D eigenvalue weighted by Crippen LogP contribution is -2.55. The van der Waals surface area contributed by atoms with Crippen LogP contribution in [0, 0.1) is 0 Å². The van der Waals surface area contributed by atoms with Crippen LogP contribution in [0.2, 0.25) is 0 Å². The molecule has 2 saturated heterocycles. The number of amides is 4. The molecule has 3 unspecified atom stereocenters. The van der Waals surface area contributed by atoms with Crippen LogP contribution in [0.15, 0.2) is 0 Å². The molecule has 3 N–H and O–H groups in total. The van der Waals surface area contributed by atoms with Gasteiger partial charge in [-0.25, -0.2) is 0 Å². The summed E-state index contributed by atoms with van der Waals surface area (Å²) in [5, 5.41) is 7.72. The summed E-state index contributed by atoms with van der Waals surface area (Å²) in [4.78, 5) is 60.2. The summed E-state index contributed by atoms with van der Waals surface area (Å²) in [5.74, 6) is -1.23. The summed E-state index contributed by atoms with van der Waals surface area (Å²) in [6.07, 6.45) is 2.89. The van der Waals surface area contributed by atoms with Gasteiger partial charge in [-0.2, -0.15) is 0 Å². The molecule has 2 fully saturated rings. The lowest BCUT2D eigenvalue weighted by atomic mass is 10.1. The van der Waals surface area contributed by atoms with Gasteiger partial charge in [-0.1, -0.05) is 6.92 Å². The Kier molecular flexibility index (Phi) is 6.49. The zero-order valence-corrected chi connectivity index (χ0v) is 14.2. The highest BCUT2D eigenvalue weighted by Crippen LogP contribution is 2.19. The first kappa shape index (κ1) is 18.9. The SMILES string of the molecule is CCC(NC(=O)C1CCC(=O)N1)C(=O)N1CCCC1C(=O)NCC=O. The Morgan fingerprint density at radius 1 is 1.32 bits per heavy atom. The van der Waals surface area contributed by atoms with Gasteiger partial charge >= 0.3 is 0 Å². The lowest BCUT2D eigenvalue weighted by molar-refractivity contribution is -0.141. The summed E-state index contributed by atoms with van der Waals surface area (Å²) in [7, 11) is 0. The van der Waals surface area contributed by atoms with E-state index in [9.17, 15) is 24.0 Å². The Morgan fingerprint density at radius 2 is 2.08 bits per heavy atom. The predicted molar refractivity (Wildman–Crippen MR) is 87.2 cm³/mol. The van der Waals surface area contributed by atoms with Crippen LogP contribution in [0.5, 0.6) is 0 Å². The van der Waals surface area contributed by atoms with Gasteiger partial charge in [0.05, 0.1) is 6.54 Å². The van der Waals surface area contributed by atoms with Gasteiger partial charge in [0.1, 0.15) is 24.4 Å². The molecule has 2 aliphatic rings. The van der Waals surface area contributed by atoms with E-state index < -0.39 is 18.1 Å². The first-order valence-corrected chi connectivity index (χ1v) is 8.59. The fraction of sp³-hybridized carbons (Fsp3) is 0.688. The average molecular weight is 352 g/mol. The minimum Gasteiger partial charge on any atom is -0.348 e. The predicted octanol–water partition coefficient (Wildman–Crippen LogP) is -1.53. The molecule has 138 valence electrons. The van der Waals surface area contributed by atoms with Gasteiger partial charge in [0.2, 0.25) is 23.6 Å². The van der Waals surface area contributed by atoms with Gasteiger partial charge in [0.15, 0.2) is 0 Å². The van der Waals surface area contributed by atoms with Crippen LogP contribution >= 0.6 is 0 Å². The maximum absolute atomic E-state index is 12.8. The van der Waals surface area contributed by atoms with Crippen LogP contribution in [0.3, 0.4) is 0 Å². The van der Waals surface area contributed by atoms with Crippen LogP contribution < -0.4 is 16.0 Å². The van der Waals surface area contributed by atoms with Gasteiger partial charge in [-0.3, -0.25) is 19.2 Å². The smallest absolute Gasteiger partial charge is 0.245 e. The van der Waals surface area contributed by atoms with E-state index in [1.165, 1.54) is 4.90 Å². The molecular weight excluding hydrogens is 328 g/mol. The Balaban J connectivity index is 1.97. The van der Waals surface area contributed by atoms with Crippen molar-refractivity contribution in [1.29, 1.82) is 0 Å². The van der Waals surface area contributed by atoms with E-state index >= 15 is 0 Å². The summed E-state index contributed by atoms with van der Waals surface area (Å²) in [6, 6.07) is -1.98. The van der Waals surface area contributed by atoms with Crippen molar-refractivity contribution < 1.29 is 24.0 Å². The summed E-state index contributed by atoms with van der Waals surface area (Å²) in [5.41, 5.74) is 0. The van der Waals surface area contributed by atoms with E-state index in [1.807, 2.05) is 0 Å². The van der Waals surface area contributed by atoms with Crippen LogP contribution in [0.1, 0.15) is 39.0 Å². The number of hydrogen-bond acceptors (Lipinski definition) is 5. The third-order valence-corrected chi connectivity index (χ3v) is 4.53. The van der Waals surface area contributed by atoms with Gasteiger partial charge in [-0.15, -0.1) is 0 Å². The van der Waals surface area contributed by atoms with Gasteiger partial charge in [-0.05, 0) is 25.7 Å². The summed E-state index contributed by atoms with van der Waals surface area (Å²) in [6.45, 7) is 2.12. The lowest BCUT2D eigenvalue weighted by Gasteiger charge is -2.28. The third kappa shape index (κ3) is 4.55. The zero-order chi connectivity index (χ0) is 18.4. The zero-order valence-electron chi connectivity index (χ0n) is 14.2. The topological polar surface area (TPSA) is 125 Å². The molecule has 4 amide bonds. The molecule has 0 bridgehead atoms. The molecule has 25 heavy (non-hydrogen) atoms. The first-order valence-electron chi connectivity index (χ1n) is 8.59. The van der Waals surface area contributed by atoms with Gasteiger partial charge in [0, 0.05) is 13.0 Å². The molecule has 0 saturated carbocycles. The molecule has 9 heteroatoms. The van der Waals surface area contributed by atoms with Crippen molar-refractivity contribution >= 4 is 29.9 Å². The van der Waals surface area contributed by atoms with E-state index in [0.717, 1.165) is 0 Å². The fourth-order valence-corrected chi connectivity index (χ4v) is 3.18. The van der Waals surface area contributed by atoms with Gasteiger partial charge in [0.25, 0.3) is 0 Å². The van der Waals surface area contributed by atoms with Crippen molar-refractivity contribution in [1.82, 2.24) is 20.9 Å². The minimum atomic E-state index is -0.746. The van der Waals surface area contributed by atoms with Crippen LogP contribution in [0.4, 0.5) is 0 Å². The molecule has 9 nitrogen and oxygen atoms in total. The maximum Gasteiger partial charge on any atom is 0.245 e. The summed E-state index contributed by atoms with van der Waals surface area (Å²) < 4.78 is 0. The highest BCUT2D eigenvalue weighted by atomic mass is 16.2. The monoisotopic (exact) mass is 352 g/mol. The van der Waals surface area contributed by atoms with Crippen molar-refractivity contribution in [3.05, 3.63) is 0 Å². The van der Waals surface area contributed by atoms with Crippen molar-refractivity contribution in [2.75, 3.05) is 13.1 Å².